The molecule has 0 bridgehead atoms. The Kier molecular flexibility index (Phi) is 7.30. The Balaban J connectivity index is 1.47. The Hall–Kier alpha value is -3.85. The van der Waals surface area contributed by atoms with Crippen molar-refractivity contribution in [3.8, 4) is 22.9 Å². The highest BCUT2D eigenvalue weighted by molar-refractivity contribution is 5.85. The maximum absolute atomic E-state index is 12.3. The summed E-state index contributed by atoms with van der Waals surface area (Å²) >= 11 is 0. The first kappa shape index (κ1) is 25.2. The van der Waals surface area contributed by atoms with Crippen molar-refractivity contribution in [2.75, 3.05) is 24.6 Å². The van der Waals surface area contributed by atoms with E-state index in [-0.39, 0.29) is 6.54 Å². The highest BCUT2D eigenvalue weighted by Crippen LogP contribution is 2.31. The van der Waals surface area contributed by atoms with E-state index in [0.717, 1.165) is 11.1 Å². The van der Waals surface area contributed by atoms with E-state index in [1.807, 2.05) is 24.0 Å². The summed E-state index contributed by atoms with van der Waals surface area (Å²) in [6.45, 7) is 2.96. The quantitative estimate of drug-likeness (QED) is 0.510. The summed E-state index contributed by atoms with van der Waals surface area (Å²) in [6.07, 6.45) is -2.00. The summed E-state index contributed by atoms with van der Waals surface area (Å²) in [7, 11) is 0. The van der Waals surface area contributed by atoms with Crippen LogP contribution >= 0.6 is 0 Å². The van der Waals surface area contributed by atoms with Gasteiger partial charge in [-0.05, 0) is 31.5 Å². The predicted octanol–water partition coefficient (Wildman–Crippen LogP) is 3.06. The van der Waals surface area contributed by atoms with Crippen molar-refractivity contribution in [1.82, 2.24) is 19.9 Å². The number of nitrogens with zero attached hydrogens (tertiary/aromatic N) is 5. The minimum atomic E-state index is -4.40. The van der Waals surface area contributed by atoms with Gasteiger partial charge in [-0.25, -0.2) is 9.50 Å². The molecule has 0 saturated carbocycles. The largest absolute Gasteiger partial charge is 0.492 e. The highest BCUT2D eigenvalue weighted by atomic mass is 19.4. The molecule has 1 aliphatic heterocycles. The fourth-order valence-corrected chi connectivity index (χ4v) is 4.22. The van der Waals surface area contributed by atoms with Crippen LogP contribution in [0, 0.1) is 11.3 Å². The molecule has 3 aromatic heterocycles. The Bertz CT molecular complexity index is 1270. The number of β-amino-alcohol motifs (C(OH)–C–C–N with tert-alkyl or cyclic N) is 1. The second kappa shape index (κ2) is 10.4. The van der Waals surface area contributed by atoms with Gasteiger partial charge in [0.1, 0.15) is 17.6 Å². The molecule has 1 aliphatic rings. The van der Waals surface area contributed by atoms with E-state index in [4.69, 9.17) is 4.74 Å². The number of nitrogens with one attached hydrogen (secondary N) is 1. The number of carbonyl (C=O) groups is 1. The highest BCUT2D eigenvalue weighted by Gasteiger charge is 2.32. The number of aromatic nitrogens is 3. The number of carbonyl (C=O) groups excluding carboxylic acids is 1. The number of anilines is 1. The number of ether oxygens (including phenoxy) is 1. The number of alkyl halides is 3. The van der Waals surface area contributed by atoms with E-state index in [0.29, 0.717) is 42.2 Å². The summed E-state index contributed by atoms with van der Waals surface area (Å²) in [5.74, 6) is 0.467. The lowest BCUT2D eigenvalue weighted by atomic mass is 10.0. The van der Waals surface area contributed by atoms with Crippen molar-refractivity contribution in [3.05, 3.63) is 42.4 Å². The van der Waals surface area contributed by atoms with Crippen LogP contribution in [0.5, 0.6) is 5.75 Å². The lowest BCUT2D eigenvalue weighted by Gasteiger charge is -2.37. The topological polar surface area (TPSA) is 116 Å². The van der Waals surface area contributed by atoms with E-state index in [1.54, 1.807) is 23.0 Å². The molecule has 36 heavy (non-hydrogen) atoms. The standard InChI is InChI=1S/C24H25F3N6O3/c1-2-36-17-9-18(23-16(10-28)12-30-33(23)13-17)15-3-4-21(29-11-15)32-8-6-19(20(34)14-32)31-22(35)5-7-24(25,26)27/h3-4,9,11-13,19-20,34H,2,5-8,14H2,1H3,(H,31,35)/t19-,20-/m0/s1. The first-order chi connectivity index (χ1) is 17.2. The molecule has 0 radical (unpaired) electrons. The number of pyridine rings is 2. The Labute approximate surface area is 205 Å². The van der Waals surface area contributed by atoms with Crippen molar-refractivity contribution in [1.29, 1.82) is 5.26 Å². The van der Waals surface area contributed by atoms with Gasteiger partial charge in [0.2, 0.25) is 5.91 Å². The normalized spacial score (nSPS) is 18.2. The first-order valence-corrected chi connectivity index (χ1v) is 11.5. The molecule has 1 amide bonds. The molecule has 12 heteroatoms. The van der Waals surface area contributed by atoms with Crippen LogP contribution in [-0.2, 0) is 4.79 Å². The number of amides is 1. The maximum atomic E-state index is 12.3. The molecule has 0 aromatic carbocycles. The Morgan fingerprint density at radius 3 is 2.81 bits per heavy atom. The minimum absolute atomic E-state index is 0.168. The molecule has 1 saturated heterocycles. The fourth-order valence-electron chi connectivity index (χ4n) is 4.22. The van der Waals surface area contributed by atoms with E-state index in [2.05, 4.69) is 21.5 Å². The molecule has 0 unspecified atom stereocenters. The van der Waals surface area contributed by atoms with Gasteiger partial charge >= 0.3 is 6.18 Å². The summed E-state index contributed by atoms with van der Waals surface area (Å²) < 4.78 is 44.2. The molecular formula is C24H25F3N6O3. The van der Waals surface area contributed by atoms with Gasteiger partial charge in [0.05, 0.1) is 48.6 Å². The molecular weight excluding hydrogens is 477 g/mol. The van der Waals surface area contributed by atoms with E-state index in [9.17, 15) is 28.3 Å². The number of rotatable bonds is 7. The van der Waals surface area contributed by atoms with Crippen LogP contribution in [0.1, 0.15) is 31.7 Å². The maximum Gasteiger partial charge on any atom is 0.389 e. The smallest absolute Gasteiger partial charge is 0.389 e. The Morgan fingerprint density at radius 2 is 2.17 bits per heavy atom. The van der Waals surface area contributed by atoms with Crippen molar-refractivity contribution < 1.29 is 27.8 Å². The molecule has 4 rings (SSSR count). The van der Waals surface area contributed by atoms with Crippen LogP contribution in [0.4, 0.5) is 19.0 Å². The van der Waals surface area contributed by atoms with E-state index >= 15 is 0 Å². The minimum Gasteiger partial charge on any atom is -0.492 e. The third-order valence-corrected chi connectivity index (χ3v) is 5.96. The first-order valence-electron chi connectivity index (χ1n) is 11.5. The number of aliphatic hydroxyl groups excluding tert-OH is 1. The zero-order valence-electron chi connectivity index (χ0n) is 19.5. The summed E-state index contributed by atoms with van der Waals surface area (Å²) in [4.78, 5) is 18.2. The van der Waals surface area contributed by atoms with Crippen LogP contribution in [-0.4, -0.2) is 63.6 Å². The van der Waals surface area contributed by atoms with Crippen molar-refractivity contribution >= 4 is 17.2 Å². The SMILES string of the molecule is CCOc1cc(-c2ccc(N3CC[C@H](NC(=O)CCC(F)(F)F)[C@@H](O)C3)nc2)c2c(C#N)cnn2c1. The molecule has 3 aromatic rings. The molecule has 0 spiro atoms. The number of aliphatic hydroxyl groups is 1. The molecule has 4 heterocycles. The lowest BCUT2D eigenvalue weighted by molar-refractivity contribution is -0.144. The Morgan fingerprint density at radius 1 is 1.36 bits per heavy atom. The van der Waals surface area contributed by atoms with Crippen molar-refractivity contribution in [2.24, 2.45) is 0 Å². The molecule has 1 fully saturated rings. The van der Waals surface area contributed by atoms with E-state index in [1.165, 1.54) is 6.20 Å². The zero-order chi connectivity index (χ0) is 25.9. The van der Waals surface area contributed by atoms with Crippen molar-refractivity contribution in [2.45, 2.75) is 44.5 Å². The van der Waals surface area contributed by atoms with Gasteiger partial charge in [-0.3, -0.25) is 4.79 Å². The van der Waals surface area contributed by atoms with Gasteiger partial charge in [-0.2, -0.15) is 23.5 Å². The number of piperidine rings is 1. The van der Waals surface area contributed by atoms with Crippen LogP contribution in [0.25, 0.3) is 16.6 Å². The van der Waals surface area contributed by atoms with Crippen LogP contribution in [0.2, 0.25) is 0 Å². The van der Waals surface area contributed by atoms with E-state index < -0.39 is 37.1 Å². The summed E-state index contributed by atoms with van der Waals surface area (Å²) in [5, 5.41) is 26.7. The third-order valence-electron chi connectivity index (χ3n) is 5.96. The average molecular weight is 502 g/mol. The summed E-state index contributed by atoms with van der Waals surface area (Å²) in [6, 6.07) is 6.99. The second-order valence-corrected chi connectivity index (χ2v) is 8.48. The fraction of sp³-hybridized carbons (Fsp3) is 0.417. The number of hydrogen-bond donors (Lipinski definition) is 2. The molecule has 190 valence electrons. The van der Waals surface area contributed by atoms with Crippen LogP contribution in [0.3, 0.4) is 0 Å². The molecule has 2 atom stereocenters. The number of hydrogen-bond acceptors (Lipinski definition) is 7. The van der Waals surface area contributed by atoms with Crippen molar-refractivity contribution in [3.63, 3.8) is 0 Å². The monoisotopic (exact) mass is 502 g/mol. The number of nitriles is 1. The second-order valence-electron chi connectivity index (χ2n) is 8.48. The van der Waals surface area contributed by atoms with Crippen LogP contribution in [0.15, 0.2) is 36.8 Å². The van der Waals surface area contributed by atoms with Gasteiger partial charge < -0.3 is 20.1 Å². The van der Waals surface area contributed by atoms with Crippen LogP contribution < -0.4 is 15.0 Å². The molecule has 0 aliphatic carbocycles. The predicted molar refractivity (Wildman–Crippen MR) is 124 cm³/mol. The number of halogens is 3. The van der Waals surface area contributed by atoms with Gasteiger partial charge in [-0.1, -0.05) is 0 Å². The average Bonchev–Trinajstić information content (AvgIpc) is 3.26. The molecule has 2 N–H and O–H groups in total. The van der Waals surface area contributed by atoms with Gasteiger partial charge in [0.15, 0.2) is 0 Å². The summed E-state index contributed by atoms with van der Waals surface area (Å²) in [5.41, 5.74) is 2.52. The zero-order valence-corrected chi connectivity index (χ0v) is 19.5. The third kappa shape index (κ3) is 5.68. The number of fused-ring (bicyclic) bond motifs is 1. The van der Waals surface area contributed by atoms with Gasteiger partial charge in [-0.15, -0.1) is 0 Å². The van der Waals surface area contributed by atoms with Gasteiger partial charge in [0.25, 0.3) is 0 Å². The van der Waals surface area contributed by atoms with Gasteiger partial charge in [0, 0.05) is 36.8 Å². The lowest BCUT2D eigenvalue weighted by Crippen LogP contribution is -2.54. The molecule has 9 nitrogen and oxygen atoms in total.